The van der Waals surface area contributed by atoms with Gasteiger partial charge in [0, 0.05) is 25.3 Å². The van der Waals surface area contributed by atoms with Crippen molar-refractivity contribution in [2.75, 3.05) is 50.4 Å². The van der Waals surface area contributed by atoms with Gasteiger partial charge in [0.2, 0.25) is 10.0 Å². The maximum atomic E-state index is 12.2. The number of carbonyl (C=O) groups is 1. The lowest BCUT2D eigenvalue weighted by molar-refractivity contribution is 0.0374. The Morgan fingerprint density at radius 3 is 2.71 bits per heavy atom. The number of rotatable bonds is 7. The molecule has 1 saturated heterocycles. The number of morpholine rings is 1. The summed E-state index contributed by atoms with van der Waals surface area (Å²) in [4.78, 5) is 14.5. The zero-order valence-electron chi connectivity index (χ0n) is 13.5. The first-order valence-electron chi connectivity index (χ1n) is 7.71. The number of hydrogen-bond acceptors (Lipinski definition) is 5. The number of hydrogen-bond donors (Lipinski definition) is 2. The minimum atomic E-state index is -3.41. The lowest BCUT2D eigenvalue weighted by atomic mass is 10.2. The summed E-state index contributed by atoms with van der Waals surface area (Å²) in [6.07, 6.45) is 1.87. The van der Waals surface area contributed by atoms with E-state index < -0.39 is 10.0 Å². The number of benzene rings is 1. The normalized spacial score (nSPS) is 15.9. The second-order valence-electron chi connectivity index (χ2n) is 5.63. The van der Waals surface area contributed by atoms with Gasteiger partial charge in [0.05, 0.1) is 30.1 Å². The predicted octanol–water partition coefficient (Wildman–Crippen LogP) is 1.16. The van der Waals surface area contributed by atoms with Crippen LogP contribution in [0.25, 0.3) is 0 Å². The molecule has 1 heterocycles. The van der Waals surface area contributed by atoms with Gasteiger partial charge in [-0.1, -0.05) is 11.6 Å². The Morgan fingerprint density at radius 2 is 2.04 bits per heavy atom. The van der Waals surface area contributed by atoms with Crippen LogP contribution in [-0.2, 0) is 14.8 Å². The minimum absolute atomic E-state index is 0.247. The second-order valence-corrected chi connectivity index (χ2v) is 7.79. The van der Waals surface area contributed by atoms with Crippen LogP contribution in [0.5, 0.6) is 0 Å². The van der Waals surface area contributed by atoms with Gasteiger partial charge in [0.1, 0.15) is 0 Å². The van der Waals surface area contributed by atoms with E-state index in [4.69, 9.17) is 16.3 Å². The van der Waals surface area contributed by atoms with Crippen LogP contribution in [0.4, 0.5) is 5.69 Å². The topological polar surface area (TPSA) is 87.7 Å². The fourth-order valence-electron chi connectivity index (χ4n) is 2.40. The van der Waals surface area contributed by atoms with Crippen LogP contribution in [0, 0.1) is 0 Å². The lowest BCUT2D eigenvalue weighted by Crippen LogP contribution is -2.38. The van der Waals surface area contributed by atoms with Gasteiger partial charge in [-0.2, -0.15) is 0 Å². The molecule has 0 aromatic heterocycles. The Hall–Kier alpha value is -1.35. The first kappa shape index (κ1) is 19.0. The standard InChI is InChI=1S/C15H22ClN3O4S/c1-24(21,22)18-12-3-4-14(16)13(11-12)15(20)17-5-2-6-19-7-9-23-10-8-19/h3-4,11,18H,2,5-10H2,1H3,(H,17,20). The number of anilines is 1. The summed E-state index contributed by atoms with van der Waals surface area (Å²) in [5, 5.41) is 3.09. The van der Waals surface area contributed by atoms with Crippen LogP contribution in [0.2, 0.25) is 5.02 Å². The van der Waals surface area contributed by atoms with Crippen molar-refractivity contribution < 1.29 is 17.9 Å². The van der Waals surface area contributed by atoms with E-state index in [9.17, 15) is 13.2 Å². The molecule has 24 heavy (non-hydrogen) atoms. The SMILES string of the molecule is CS(=O)(=O)Nc1ccc(Cl)c(C(=O)NCCCN2CCOCC2)c1. The predicted molar refractivity (Wildman–Crippen MR) is 94.1 cm³/mol. The summed E-state index contributed by atoms with van der Waals surface area (Å²) < 4.78 is 30.2. The Labute approximate surface area is 147 Å². The number of sulfonamides is 1. The average Bonchev–Trinajstić information content (AvgIpc) is 2.53. The number of carbonyl (C=O) groups excluding carboxylic acids is 1. The number of ether oxygens (including phenoxy) is 1. The van der Waals surface area contributed by atoms with Crippen molar-refractivity contribution in [1.29, 1.82) is 0 Å². The molecule has 1 fully saturated rings. The van der Waals surface area contributed by atoms with Crippen molar-refractivity contribution in [1.82, 2.24) is 10.2 Å². The smallest absolute Gasteiger partial charge is 0.252 e. The van der Waals surface area contributed by atoms with Crippen LogP contribution in [0.1, 0.15) is 16.8 Å². The summed E-state index contributed by atoms with van der Waals surface area (Å²) in [5.41, 5.74) is 0.553. The molecule has 0 spiro atoms. The van der Waals surface area contributed by atoms with Crippen LogP contribution < -0.4 is 10.0 Å². The Kier molecular flexibility index (Phi) is 6.85. The van der Waals surface area contributed by atoms with E-state index in [0.717, 1.165) is 45.5 Å². The van der Waals surface area contributed by atoms with E-state index in [1.165, 1.54) is 18.2 Å². The fourth-order valence-corrected chi connectivity index (χ4v) is 3.16. The molecule has 0 bridgehead atoms. The van der Waals surface area contributed by atoms with E-state index in [-0.39, 0.29) is 16.5 Å². The van der Waals surface area contributed by atoms with Gasteiger partial charge in [0.15, 0.2) is 0 Å². The Balaban J connectivity index is 1.85. The summed E-state index contributed by atoms with van der Waals surface area (Å²) >= 11 is 6.04. The zero-order valence-corrected chi connectivity index (χ0v) is 15.1. The highest BCUT2D eigenvalue weighted by Crippen LogP contribution is 2.21. The largest absolute Gasteiger partial charge is 0.379 e. The second kappa shape index (κ2) is 8.66. The Bertz CT molecular complexity index is 675. The van der Waals surface area contributed by atoms with Crippen molar-refractivity contribution in [2.24, 2.45) is 0 Å². The molecule has 2 N–H and O–H groups in total. The molecule has 9 heteroatoms. The maximum Gasteiger partial charge on any atom is 0.252 e. The molecule has 1 aromatic carbocycles. The number of nitrogens with one attached hydrogen (secondary N) is 2. The van der Waals surface area contributed by atoms with Crippen molar-refractivity contribution in [3.63, 3.8) is 0 Å². The molecule has 134 valence electrons. The molecular formula is C15H22ClN3O4S. The Morgan fingerprint density at radius 1 is 1.33 bits per heavy atom. The third-order valence-corrected chi connectivity index (χ3v) is 4.49. The number of amides is 1. The van der Waals surface area contributed by atoms with Crippen LogP contribution in [0.15, 0.2) is 18.2 Å². The molecule has 0 aliphatic carbocycles. The van der Waals surface area contributed by atoms with E-state index in [0.29, 0.717) is 12.2 Å². The summed E-state index contributed by atoms with van der Waals surface area (Å²) in [7, 11) is -3.41. The van der Waals surface area contributed by atoms with Crippen molar-refractivity contribution in [2.45, 2.75) is 6.42 Å². The van der Waals surface area contributed by atoms with Gasteiger partial charge >= 0.3 is 0 Å². The van der Waals surface area contributed by atoms with Crippen LogP contribution >= 0.6 is 11.6 Å². The van der Waals surface area contributed by atoms with E-state index >= 15 is 0 Å². The highest BCUT2D eigenvalue weighted by Gasteiger charge is 2.13. The molecule has 0 unspecified atom stereocenters. The number of halogens is 1. The van der Waals surface area contributed by atoms with Gasteiger partial charge in [-0.05, 0) is 31.2 Å². The molecule has 1 amide bonds. The number of nitrogens with zero attached hydrogens (tertiary/aromatic N) is 1. The molecule has 0 atom stereocenters. The highest BCUT2D eigenvalue weighted by molar-refractivity contribution is 7.92. The van der Waals surface area contributed by atoms with Crippen molar-refractivity contribution in [3.8, 4) is 0 Å². The monoisotopic (exact) mass is 375 g/mol. The molecule has 1 aliphatic heterocycles. The van der Waals surface area contributed by atoms with E-state index in [2.05, 4.69) is 14.9 Å². The summed E-state index contributed by atoms with van der Waals surface area (Å²) in [6, 6.07) is 4.44. The summed E-state index contributed by atoms with van der Waals surface area (Å²) in [5.74, 6) is -0.320. The first-order chi connectivity index (χ1) is 11.3. The van der Waals surface area contributed by atoms with Gasteiger partial charge in [0.25, 0.3) is 5.91 Å². The van der Waals surface area contributed by atoms with Crippen molar-refractivity contribution >= 4 is 33.2 Å². The quantitative estimate of drug-likeness (QED) is 0.698. The molecule has 7 nitrogen and oxygen atoms in total. The molecule has 0 radical (unpaired) electrons. The molecule has 1 aliphatic rings. The highest BCUT2D eigenvalue weighted by atomic mass is 35.5. The minimum Gasteiger partial charge on any atom is -0.379 e. The fraction of sp³-hybridized carbons (Fsp3) is 0.533. The summed E-state index contributed by atoms with van der Waals surface area (Å²) in [6.45, 7) is 4.76. The van der Waals surface area contributed by atoms with Crippen LogP contribution in [0.3, 0.4) is 0 Å². The van der Waals surface area contributed by atoms with Crippen molar-refractivity contribution in [3.05, 3.63) is 28.8 Å². The van der Waals surface area contributed by atoms with Gasteiger partial charge in [-0.25, -0.2) is 8.42 Å². The maximum absolute atomic E-state index is 12.2. The van der Waals surface area contributed by atoms with E-state index in [1.54, 1.807) is 0 Å². The van der Waals surface area contributed by atoms with Crippen LogP contribution in [-0.4, -0.2) is 64.9 Å². The average molecular weight is 376 g/mol. The third-order valence-electron chi connectivity index (χ3n) is 3.55. The van der Waals surface area contributed by atoms with Gasteiger partial charge in [-0.3, -0.25) is 14.4 Å². The molecule has 2 rings (SSSR count). The third kappa shape index (κ3) is 6.27. The molecule has 1 aromatic rings. The van der Waals surface area contributed by atoms with E-state index in [1.807, 2.05) is 0 Å². The van der Waals surface area contributed by atoms with Gasteiger partial charge < -0.3 is 10.1 Å². The molecule has 0 saturated carbocycles. The van der Waals surface area contributed by atoms with Gasteiger partial charge in [-0.15, -0.1) is 0 Å². The molecular weight excluding hydrogens is 354 g/mol. The lowest BCUT2D eigenvalue weighted by Gasteiger charge is -2.26. The first-order valence-corrected chi connectivity index (χ1v) is 9.98. The zero-order chi connectivity index (χ0) is 17.6.